The second kappa shape index (κ2) is 22.2. The van der Waals surface area contributed by atoms with Crippen LogP contribution in [0.25, 0.3) is 0 Å². The van der Waals surface area contributed by atoms with Gasteiger partial charge < -0.3 is 45.3 Å². The van der Waals surface area contributed by atoms with Crippen LogP contribution in [0.4, 0.5) is 21.0 Å². The van der Waals surface area contributed by atoms with Gasteiger partial charge in [0.2, 0.25) is 17.7 Å². The summed E-state index contributed by atoms with van der Waals surface area (Å²) in [4.78, 5) is 76.2. The van der Waals surface area contributed by atoms with Crippen molar-refractivity contribution in [1.82, 2.24) is 20.4 Å². The van der Waals surface area contributed by atoms with E-state index in [0.29, 0.717) is 25.2 Å². The molecule has 1 fully saturated rings. The Morgan fingerprint density at radius 3 is 1.69 bits per heavy atom. The van der Waals surface area contributed by atoms with Crippen LogP contribution in [-0.2, 0) is 28.7 Å². The molecule has 3 atom stereocenters. The average molecular weight is 975 g/mol. The van der Waals surface area contributed by atoms with Crippen LogP contribution in [0, 0.1) is 76.2 Å². The number of carbonyl (C=O) groups excluding carboxylic acids is 6. The van der Waals surface area contributed by atoms with E-state index in [0.717, 1.165) is 16.8 Å². The van der Waals surface area contributed by atoms with E-state index in [1.165, 1.54) is 25.5 Å². The molecule has 2 aromatic carbocycles. The average Bonchev–Trinajstić information content (AvgIpc) is 3.61. The SMILES string of the molecule is COC(=O)N[C@H](C(=O)N1CC[C@H](C(=O)Nc2ccc(C)cc2)C1)C(C)C.[CH2-]N(C(=O)[C@@H](NC(=O)OC)C(C)C)C(C)(C)[CH-]C(=O)Nc1ccc(C)cc1.[U+2]. The Labute approximate surface area is 343 Å². The molecule has 4 N–H and O–H groups in total. The van der Waals surface area contributed by atoms with Crippen molar-refractivity contribution in [3.63, 3.8) is 0 Å². The molecule has 14 nitrogen and oxygen atoms in total. The molecule has 0 radical (unpaired) electrons. The van der Waals surface area contributed by atoms with Gasteiger partial charge in [0, 0.05) is 24.5 Å². The minimum atomic E-state index is -0.975. The van der Waals surface area contributed by atoms with Gasteiger partial charge in [-0.05, 0) is 56.4 Å². The maximum absolute atomic E-state index is 12.8. The number of carbonyl (C=O) groups is 6. The molecule has 1 aliphatic rings. The summed E-state index contributed by atoms with van der Waals surface area (Å²) in [5, 5.41) is 10.7. The number of hydrogen-bond donors (Lipinski definition) is 4. The first-order valence-corrected chi connectivity index (χ1v) is 17.5. The molecule has 54 heavy (non-hydrogen) atoms. The van der Waals surface area contributed by atoms with Crippen LogP contribution in [0.15, 0.2) is 48.5 Å². The van der Waals surface area contributed by atoms with Crippen molar-refractivity contribution in [3.05, 3.63) is 73.1 Å². The van der Waals surface area contributed by atoms with Crippen LogP contribution < -0.4 is 21.3 Å². The number of benzene rings is 2. The van der Waals surface area contributed by atoms with Gasteiger partial charge in [-0.2, -0.15) is 0 Å². The summed E-state index contributed by atoms with van der Waals surface area (Å²) < 4.78 is 9.17. The molecule has 15 heteroatoms. The Bertz CT molecular complexity index is 1570. The number of amides is 6. The van der Waals surface area contributed by atoms with Crippen LogP contribution >= 0.6 is 0 Å². The maximum Gasteiger partial charge on any atom is 2.00 e. The third-order valence-electron chi connectivity index (χ3n) is 8.74. The molecule has 1 aliphatic heterocycles. The van der Waals surface area contributed by atoms with Crippen molar-refractivity contribution < 1.29 is 69.4 Å². The maximum atomic E-state index is 12.8. The van der Waals surface area contributed by atoms with E-state index in [2.05, 4.69) is 37.8 Å². The molecule has 1 saturated heterocycles. The molecular weight excluding hydrogens is 918 g/mol. The van der Waals surface area contributed by atoms with Crippen molar-refractivity contribution in [2.75, 3.05) is 37.9 Å². The fourth-order valence-electron chi connectivity index (χ4n) is 5.32. The normalized spacial score (nSPS) is 14.6. The van der Waals surface area contributed by atoms with E-state index >= 15 is 0 Å². The number of nitrogens with one attached hydrogen (secondary N) is 4. The Morgan fingerprint density at radius 1 is 0.796 bits per heavy atom. The number of methoxy groups -OCH3 is 2. The van der Waals surface area contributed by atoms with Crippen LogP contribution in [0.2, 0.25) is 0 Å². The van der Waals surface area contributed by atoms with Crippen LogP contribution in [-0.4, -0.2) is 90.5 Å². The van der Waals surface area contributed by atoms with Crippen molar-refractivity contribution in [2.24, 2.45) is 17.8 Å². The van der Waals surface area contributed by atoms with Crippen LogP contribution in [0.3, 0.4) is 0 Å². The predicted molar refractivity (Wildman–Crippen MR) is 203 cm³/mol. The molecule has 0 saturated carbocycles. The topological polar surface area (TPSA) is 175 Å². The molecule has 0 unspecified atom stereocenters. The molecule has 2 aromatic rings. The number of likely N-dealkylation sites (tertiary alicyclic amines) is 1. The van der Waals surface area contributed by atoms with E-state index < -0.39 is 35.7 Å². The first kappa shape index (κ1) is 47.8. The quantitative estimate of drug-likeness (QED) is 0.213. The monoisotopic (exact) mass is 974 g/mol. The zero-order valence-electron chi connectivity index (χ0n) is 33.1. The zero-order valence-corrected chi connectivity index (χ0v) is 37.2. The summed E-state index contributed by atoms with van der Waals surface area (Å²) in [5.74, 6) is -1.57. The Kier molecular flexibility index (Phi) is 19.7. The van der Waals surface area contributed by atoms with Gasteiger partial charge in [-0.15, -0.1) is 0 Å². The number of rotatable bonds is 12. The molecule has 1 heterocycles. The molecular formula is C39H56N6O8U. The number of aryl methyl sites for hydroxylation is 2. The minimum Gasteiger partial charge on any atom is -0.512 e. The van der Waals surface area contributed by atoms with Gasteiger partial charge in [-0.3, -0.25) is 27.9 Å². The van der Waals surface area contributed by atoms with Gasteiger partial charge in [0.15, 0.2) is 0 Å². The van der Waals surface area contributed by atoms with Crippen LogP contribution in [0.1, 0.15) is 59.1 Å². The Morgan fingerprint density at radius 2 is 1.24 bits per heavy atom. The summed E-state index contributed by atoms with van der Waals surface area (Å²) in [6.07, 6.45) is 0.652. The Hall–Kier alpha value is -4.22. The first-order chi connectivity index (χ1) is 24.8. The second-order valence-electron chi connectivity index (χ2n) is 14.3. The number of hydrogen-bond acceptors (Lipinski definition) is 8. The first-order valence-electron chi connectivity index (χ1n) is 17.5. The molecule has 0 bridgehead atoms. The summed E-state index contributed by atoms with van der Waals surface area (Å²) >= 11 is 0. The Balaban J connectivity index is 0.000000530. The van der Waals surface area contributed by atoms with Gasteiger partial charge in [0.25, 0.3) is 0 Å². The van der Waals surface area contributed by atoms with E-state index in [9.17, 15) is 28.8 Å². The third-order valence-corrected chi connectivity index (χ3v) is 8.74. The van der Waals surface area contributed by atoms with Gasteiger partial charge in [-0.1, -0.05) is 82.5 Å². The third kappa shape index (κ3) is 14.9. The molecule has 0 aromatic heterocycles. The van der Waals surface area contributed by atoms with E-state index in [1.54, 1.807) is 44.7 Å². The second-order valence-corrected chi connectivity index (χ2v) is 14.3. The van der Waals surface area contributed by atoms with Crippen molar-refractivity contribution in [1.29, 1.82) is 0 Å². The number of alkyl carbamates (subject to hydrolysis) is 2. The molecule has 294 valence electrons. The van der Waals surface area contributed by atoms with E-state index in [1.807, 2.05) is 64.1 Å². The molecule has 0 aliphatic carbocycles. The number of ether oxygens (including phenoxy) is 2. The van der Waals surface area contributed by atoms with Gasteiger partial charge in [0.1, 0.15) is 12.1 Å². The van der Waals surface area contributed by atoms with Gasteiger partial charge in [-0.25, -0.2) is 9.59 Å². The van der Waals surface area contributed by atoms with E-state index in [-0.39, 0.29) is 66.6 Å². The van der Waals surface area contributed by atoms with Crippen molar-refractivity contribution >= 4 is 47.2 Å². The van der Waals surface area contributed by atoms with Crippen LogP contribution in [0.5, 0.6) is 0 Å². The smallest absolute Gasteiger partial charge is 0.512 e. The summed E-state index contributed by atoms with van der Waals surface area (Å²) in [6.45, 7) is 15.5. The fourth-order valence-corrected chi connectivity index (χ4v) is 5.32. The molecule has 6 amide bonds. The number of anilines is 2. The predicted octanol–water partition coefficient (Wildman–Crippen LogP) is 5.08. The number of nitrogens with zero attached hydrogens (tertiary/aromatic N) is 2. The molecule has 0 spiro atoms. The minimum absolute atomic E-state index is 0. The largest absolute Gasteiger partial charge is 2.00 e. The fraction of sp³-hybridized carbons (Fsp3) is 0.487. The van der Waals surface area contributed by atoms with E-state index in [4.69, 9.17) is 0 Å². The van der Waals surface area contributed by atoms with Gasteiger partial charge in [0.05, 0.1) is 26.0 Å². The van der Waals surface area contributed by atoms with Crippen molar-refractivity contribution in [2.45, 2.75) is 79.4 Å². The zero-order chi connectivity index (χ0) is 40.0. The standard InChI is InChI=1S/C20H29N3O4.C19H27N3O4.U/c1-13(2)17(22-19(26)27-7)18(25)23(6)20(4,5)12-16(24)21-15-10-8-14(3)9-11-15;1-12(2)16(21-19(25)26-4)18(24)22-10-9-14(11-22)17(23)20-15-7-5-13(3)6-8-15;/h8-13,17H,6H2,1-5,7H3,(H,21,24)(H,22,26);5-8,12,14,16H,9-11H2,1-4H3,(H,20,23)(H,21,25);/q-2;;+2/t17-;14-,16-;/m00./s1. The van der Waals surface area contributed by atoms with Crippen molar-refractivity contribution in [3.8, 4) is 0 Å². The summed E-state index contributed by atoms with van der Waals surface area (Å²) in [5.41, 5.74) is 2.64. The molecule has 3 rings (SSSR count). The summed E-state index contributed by atoms with van der Waals surface area (Å²) in [6, 6.07) is 13.5. The summed E-state index contributed by atoms with van der Waals surface area (Å²) in [7, 11) is 6.29. The van der Waals surface area contributed by atoms with Gasteiger partial charge >= 0.3 is 43.3 Å².